The molecule has 116 valence electrons. The van der Waals surface area contributed by atoms with Crippen LogP contribution in [0.4, 0.5) is 0 Å². The van der Waals surface area contributed by atoms with Crippen molar-refractivity contribution < 1.29 is 19.1 Å². The van der Waals surface area contributed by atoms with Crippen LogP contribution >= 0.6 is 0 Å². The Hall–Kier alpha value is -1.06. The Morgan fingerprint density at radius 1 is 1.35 bits per heavy atom. The topological polar surface area (TPSA) is 52.6 Å². The third-order valence-corrected chi connectivity index (χ3v) is 4.59. The Kier molecular flexibility index (Phi) is 4.57. The maximum atomic E-state index is 12.7. The second-order valence-electron chi connectivity index (χ2n) is 7.71. The largest absolute Gasteiger partial charge is 0.462 e. The molecule has 1 aliphatic heterocycles. The molecule has 0 aromatic rings. The lowest BCUT2D eigenvalue weighted by molar-refractivity contribution is -0.177. The molecule has 0 aromatic heterocycles. The molecule has 1 saturated heterocycles. The number of hydrogen-bond acceptors (Lipinski definition) is 4. The van der Waals surface area contributed by atoms with Crippen LogP contribution in [0.2, 0.25) is 0 Å². The highest BCUT2D eigenvalue weighted by atomic mass is 16.6. The Balaban J connectivity index is 2.96. The first-order valence-corrected chi connectivity index (χ1v) is 7.33. The minimum Gasteiger partial charge on any atom is -0.462 e. The summed E-state index contributed by atoms with van der Waals surface area (Å²) in [5.41, 5.74) is -1.30. The fourth-order valence-corrected chi connectivity index (χ4v) is 2.46. The first kappa shape index (κ1) is 17.0. The zero-order valence-corrected chi connectivity index (χ0v) is 13.8. The van der Waals surface area contributed by atoms with Crippen LogP contribution in [0.25, 0.3) is 0 Å². The normalized spacial score (nSPS) is 24.9. The minimum absolute atomic E-state index is 0.229. The van der Waals surface area contributed by atoms with Gasteiger partial charge in [0, 0.05) is 5.41 Å². The fraction of sp³-hybridized carbons (Fsp3) is 0.875. The molecule has 0 radical (unpaired) electrons. The molecular weight excluding hydrogens is 256 g/mol. The predicted octanol–water partition coefficient (Wildman–Crippen LogP) is 3.33. The molecule has 0 saturated carbocycles. The molecule has 4 heteroatoms. The average Bonchev–Trinajstić information content (AvgIpc) is 2.54. The summed E-state index contributed by atoms with van der Waals surface area (Å²) in [6.07, 6.45) is 0.826. The number of carbonyl (C=O) groups excluding carboxylic acids is 2. The number of esters is 2. The number of hydrogen-bond donors (Lipinski definition) is 0. The number of ether oxygens (including phenoxy) is 2. The van der Waals surface area contributed by atoms with Gasteiger partial charge in [-0.2, -0.15) is 0 Å². The summed E-state index contributed by atoms with van der Waals surface area (Å²) < 4.78 is 10.6. The van der Waals surface area contributed by atoms with Crippen LogP contribution in [0, 0.1) is 16.2 Å². The van der Waals surface area contributed by atoms with Crippen molar-refractivity contribution in [1.82, 2.24) is 0 Å². The van der Waals surface area contributed by atoms with Gasteiger partial charge in [0.1, 0.15) is 6.61 Å². The van der Waals surface area contributed by atoms with Gasteiger partial charge >= 0.3 is 11.9 Å². The second-order valence-corrected chi connectivity index (χ2v) is 7.71. The summed E-state index contributed by atoms with van der Waals surface area (Å²) in [5, 5.41) is 0. The Morgan fingerprint density at radius 2 is 1.90 bits per heavy atom. The summed E-state index contributed by atoms with van der Waals surface area (Å²) in [5.74, 6) is -0.736. The van der Waals surface area contributed by atoms with E-state index in [-0.39, 0.29) is 11.4 Å². The van der Waals surface area contributed by atoms with E-state index in [0.29, 0.717) is 6.61 Å². The van der Waals surface area contributed by atoms with Crippen LogP contribution in [0.5, 0.6) is 0 Å². The molecule has 2 atom stereocenters. The maximum absolute atomic E-state index is 12.7. The fourth-order valence-electron chi connectivity index (χ4n) is 2.46. The lowest BCUT2D eigenvalue weighted by Crippen LogP contribution is -2.46. The molecule has 1 heterocycles. The van der Waals surface area contributed by atoms with Gasteiger partial charge in [-0.1, -0.05) is 48.0 Å². The molecule has 1 aliphatic rings. The SMILES string of the molecule is CCCC(C)(C(=O)OC1C(=O)OCC1(C)C)C(C)(C)C. The van der Waals surface area contributed by atoms with Crippen molar-refractivity contribution in [2.45, 2.75) is 67.4 Å². The van der Waals surface area contributed by atoms with E-state index in [2.05, 4.69) is 0 Å². The molecule has 0 spiro atoms. The van der Waals surface area contributed by atoms with Crippen LogP contribution in [-0.2, 0) is 19.1 Å². The van der Waals surface area contributed by atoms with Gasteiger partial charge in [-0.25, -0.2) is 4.79 Å². The number of carbonyl (C=O) groups is 2. The van der Waals surface area contributed by atoms with Crippen molar-refractivity contribution in [3.63, 3.8) is 0 Å². The van der Waals surface area contributed by atoms with Crippen LogP contribution in [0.15, 0.2) is 0 Å². The van der Waals surface area contributed by atoms with Crippen LogP contribution in [0.1, 0.15) is 61.3 Å². The highest BCUT2D eigenvalue weighted by Gasteiger charge is 2.51. The quantitative estimate of drug-likeness (QED) is 0.743. The molecule has 20 heavy (non-hydrogen) atoms. The van der Waals surface area contributed by atoms with Gasteiger partial charge in [-0.15, -0.1) is 0 Å². The van der Waals surface area contributed by atoms with Gasteiger partial charge in [0.25, 0.3) is 0 Å². The van der Waals surface area contributed by atoms with Gasteiger partial charge in [0.05, 0.1) is 5.41 Å². The van der Waals surface area contributed by atoms with Gasteiger partial charge in [-0.05, 0) is 18.8 Å². The molecule has 0 bridgehead atoms. The van der Waals surface area contributed by atoms with Gasteiger partial charge in [-0.3, -0.25) is 4.79 Å². The van der Waals surface area contributed by atoms with Crippen molar-refractivity contribution >= 4 is 11.9 Å². The van der Waals surface area contributed by atoms with E-state index >= 15 is 0 Å². The monoisotopic (exact) mass is 284 g/mol. The highest BCUT2D eigenvalue weighted by molar-refractivity contribution is 5.84. The molecule has 4 nitrogen and oxygen atoms in total. The number of rotatable bonds is 4. The molecule has 0 N–H and O–H groups in total. The van der Waals surface area contributed by atoms with Crippen molar-refractivity contribution in [2.24, 2.45) is 16.2 Å². The third-order valence-electron chi connectivity index (χ3n) is 4.59. The first-order valence-electron chi connectivity index (χ1n) is 7.33. The Bertz CT molecular complexity index is 392. The molecule has 0 aliphatic carbocycles. The van der Waals surface area contributed by atoms with E-state index in [9.17, 15) is 9.59 Å². The van der Waals surface area contributed by atoms with E-state index < -0.39 is 22.9 Å². The highest BCUT2D eigenvalue weighted by Crippen LogP contribution is 2.44. The first-order chi connectivity index (χ1) is 8.95. The molecule has 1 fully saturated rings. The van der Waals surface area contributed by atoms with Crippen LogP contribution in [-0.4, -0.2) is 24.6 Å². The van der Waals surface area contributed by atoms with Gasteiger partial charge in [0.15, 0.2) is 0 Å². The smallest absolute Gasteiger partial charge is 0.348 e. The molecular formula is C16H28O4. The number of cyclic esters (lactones) is 1. The Morgan fingerprint density at radius 3 is 2.25 bits per heavy atom. The summed E-state index contributed by atoms with van der Waals surface area (Å²) in [4.78, 5) is 24.4. The van der Waals surface area contributed by atoms with Crippen molar-refractivity contribution in [1.29, 1.82) is 0 Å². The lowest BCUT2D eigenvalue weighted by Gasteiger charge is -2.40. The molecule has 2 unspecified atom stereocenters. The zero-order chi connectivity index (χ0) is 15.8. The van der Waals surface area contributed by atoms with E-state index in [1.54, 1.807) is 0 Å². The van der Waals surface area contributed by atoms with Gasteiger partial charge in [0.2, 0.25) is 6.10 Å². The summed E-state index contributed by atoms with van der Waals surface area (Å²) in [7, 11) is 0. The molecule has 1 rings (SSSR count). The van der Waals surface area contributed by atoms with Crippen LogP contribution in [0.3, 0.4) is 0 Å². The van der Waals surface area contributed by atoms with E-state index in [1.165, 1.54) is 0 Å². The molecule has 0 aromatic carbocycles. The van der Waals surface area contributed by atoms with E-state index in [1.807, 2.05) is 48.5 Å². The zero-order valence-electron chi connectivity index (χ0n) is 13.8. The maximum Gasteiger partial charge on any atom is 0.348 e. The minimum atomic E-state index is -0.798. The summed E-state index contributed by atoms with van der Waals surface area (Å²) in [6.45, 7) is 14.1. The Labute approximate surface area is 122 Å². The van der Waals surface area contributed by atoms with Crippen molar-refractivity contribution in [3.8, 4) is 0 Å². The average molecular weight is 284 g/mol. The lowest BCUT2D eigenvalue weighted by atomic mass is 9.65. The molecule has 0 amide bonds. The third kappa shape index (κ3) is 2.99. The van der Waals surface area contributed by atoms with Crippen molar-refractivity contribution in [2.75, 3.05) is 6.61 Å². The summed E-state index contributed by atoms with van der Waals surface area (Å²) >= 11 is 0. The second kappa shape index (κ2) is 5.38. The predicted molar refractivity (Wildman–Crippen MR) is 77.1 cm³/mol. The summed E-state index contributed by atoms with van der Waals surface area (Å²) in [6, 6.07) is 0. The van der Waals surface area contributed by atoms with Gasteiger partial charge < -0.3 is 9.47 Å². The van der Waals surface area contributed by atoms with E-state index in [4.69, 9.17) is 9.47 Å². The van der Waals surface area contributed by atoms with Crippen molar-refractivity contribution in [3.05, 3.63) is 0 Å². The standard InChI is InChI=1S/C16H28O4/c1-8-9-16(7,14(2,3)4)13(18)20-11-12(17)19-10-15(11,5)6/h11H,8-10H2,1-7H3. The van der Waals surface area contributed by atoms with E-state index in [0.717, 1.165) is 12.8 Å². The van der Waals surface area contributed by atoms with Crippen LogP contribution < -0.4 is 0 Å².